The summed E-state index contributed by atoms with van der Waals surface area (Å²) in [5.41, 5.74) is 5.45. The van der Waals surface area contributed by atoms with Crippen LogP contribution in [0.1, 0.15) is 29.3 Å². The lowest BCUT2D eigenvalue weighted by Crippen LogP contribution is -2.18. The molecule has 1 aliphatic heterocycles. The number of hydrogen-bond acceptors (Lipinski definition) is 4. The Hall–Kier alpha value is -3.14. The van der Waals surface area contributed by atoms with Gasteiger partial charge in [-0.2, -0.15) is 5.10 Å². The standard InChI is InChI=1S/C22H21N3O/c1-16-8-9-18(15-23-16)21-14-22(17-10-12-20(26-2)13-11-17)25(24-21)19-6-4-3-5-7-19/h3-13,15,22H,14H2,1-2H3. The van der Waals surface area contributed by atoms with E-state index in [1.54, 1.807) is 7.11 Å². The molecule has 0 radical (unpaired) electrons. The molecule has 2 aromatic carbocycles. The van der Waals surface area contributed by atoms with Gasteiger partial charge in [0, 0.05) is 23.9 Å². The molecule has 4 nitrogen and oxygen atoms in total. The molecule has 130 valence electrons. The van der Waals surface area contributed by atoms with Crippen LogP contribution in [-0.2, 0) is 0 Å². The molecule has 0 saturated carbocycles. The van der Waals surface area contributed by atoms with E-state index in [9.17, 15) is 0 Å². The first kappa shape index (κ1) is 16.3. The van der Waals surface area contributed by atoms with Crippen molar-refractivity contribution in [3.63, 3.8) is 0 Å². The van der Waals surface area contributed by atoms with Crippen LogP contribution in [0.25, 0.3) is 0 Å². The fourth-order valence-electron chi connectivity index (χ4n) is 3.23. The lowest BCUT2D eigenvalue weighted by molar-refractivity contribution is 0.414. The number of benzene rings is 2. The predicted octanol–water partition coefficient (Wildman–Crippen LogP) is 4.75. The van der Waals surface area contributed by atoms with Crippen LogP contribution in [0.3, 0.4) is 0 Å². The summed E-state index contributed by atoms with van der Waals surface area (Å²) < 4.78 is 5.29. The minimum atomic E-state index is 0.152. The smallest absolute Gasteiger partial charge is 0.118 e. The van der Waals surface area contributed by atoms with E-state index in [-0.39, 0.29) is 6.04 Å². The van der Waals surface area contributed by atoms with Gasteiger partial charge in [0.05, 0.1) is 24.6 Å². The van der Waals surface area contributed by atoms with E-state index in [1.165, 1.54) is 5.56 Å². The average Bonchev–Trinajstić information content (AvgIpc) is 3.15. The van der Waals surface area contributed by atoms with Crippen molar-refractivity contribution in [1.82, 2.24) is 4.98 Å². The van der Waals surface area contributed by atoms with E-state index in [0.717, 1.165) is 34.8 Å². The Labute approximate surface area is 153 Å². The molecule has 1 aliphatic rings. The number of para-hydroxylation sites is 1. The number of aryl methyl sites for hydroxylation is 1. The van der Waals surface area contributed by atoms with Gasteiger partial charge in [-0.1, -0.05) is 30.3 Å². The van der Waals surface area contributed by atoms with Crippen LogP contribution in [-0.4, -0.2) is 17.8 Å². The predicted molar refractivity (Wildman–Crippen MR) is 105 cm³/mol. The Morgan fingerprint density at radius 2 is 1.73 bits per heavy atom. The van der Waals surface area contributed by atoms with Gasteiger partial charge >= 0.3 is 0 Å². The molecule has 4 heteroatoms. The maximum atomic E-state index is 5.29. The third kappa shape index (κ3) is 3.18. The molecule has 0 saturated heterocycles. The third-order valence-electron chi connectivity index (χ3n) is 4.68. The van der Waals surface area contributed by atoms with Crippen molar-refractivity contribution in [3.05, 3.63) is 89.7 Å². The van der Waals surface area contributed by atoms with Gasteiger partial charge in [0.1, 0.15) is 5.75 Å². The Bertz CT molecular complexity index is 902. The average molecular weight is 343 g/mol. The summed E-state index contributed by atoms with van der Waals surface area (Å²) in [5, 5.41) is 7.05. The van der Waals surface area contributed by atoms with E-state index < -0.39 is 0 Å². The second-order valence-corrected chi connectivity index (χ2v) is 6.41. The molecular weight excluding hydrogens is 322 g/mol. The highest BCUT2D eigenvalue weighted by molar-refractivity contribution is 6.03. The Morgan fingerprint density at radius 1 is 0.962 bits per heavy atom. The van der Waals surface area contributed by atoms with Crippen molar-refractivity contribution >= 4 is 11.4 Å². The molecule has 0 bridgehead atoms. The molecule has 1 unspecified atom stereocenters. The van der Waals surface area contributed by atoms with Crippen LogP contribution in [0, 0.1) is 6.92 Å². The minimum Gasteiger partial charge on any atom is -0.497 e. The number of hydrazone groups is 1. The van der Waals surface area contributed by atoms with Gasteiger partial charge in [-0.15, -0.1) is 0 Å². The molecule has 0 spiro atoms. The third-order valence-corrected chi connectivity index (χ3v) is 4.68. The van der Waals surface area contributed by atoms with Crippen LogP contribution < -0.4 is 9.75 Å². The van der Waals surface area contributed by atoms with E-state index in [4.69, 9.17) is 9.84 Å². The lowest BCUT2D eigenvalue weighted by Gasteiger charge is -2.24. The summed E-state index contributed by atoms with van der Waals surface area (Å²) >= 11 is 0. The Balaban J connectivity index is 1.71. The van der Waals surface area contributed by atoms with Crippen molar-refractivity contribution in [2.75, 3.05) is 12.1 Å². The first-order valence-electron chi connectivity index (χ1n) is 8.73. The molecule has 3 aromatic rings. The maximum absolute atomic E-state index is 5.29. The van der Waals surface area contributed by atoms with Gasteiger partial charge in [0.15, 0.2) is 0 Å². The van der Waals surface area contributed by atoms with Crippen molar-refractivity contribution in [1.29, 1.82) is 0 Å². The van der Waals surface area contributed by atoms with Gasteiger partial charge in [-0.3, -0.25) is 9.99 Å². The summed E-state index contributed by atoms with van der Waals surface area (Å²) in [6, 6.07) is 22.8. The zero-order valence-electron chi connectivity index (χ0n) is 15.0. The number of hydrogen-bond donors (Lipinski definition) is 0. The molecule has 0 N–H and O–H groups in total. The summed E-state index contributed by atoms with van der Waals surface area (Å²) in [6.07, 6.45) is 2.75. The van der Waals surface area contributed by atoms with Gasteiger partial charge in [-0.05, 0) is 48.9 Å². The van der Waals surface area contributed by atoms with Crippen molar-refractivity contribution in [2.24, 2.45) is 5.10 Å². The van der Waals surface area contributed by atoms with E-state index in [1.807, 2.05) is 49.5 Å². The highest BCUT2D eigenvalue weighted by atomic mass is 16.5. The fourth-order valence-corrected chi connectivity index (χ4v) is 3.23. The molecule has 26 heavy (non-hydrogen) atoms. The van der Waals surface area contributed by atoms with Gasteiger partial charge in [-0.25, -0.2) is 0 Å². The van der Waals surface area contributed by atoms with E-state index in [2.05, 4.69) is 40.3 Å². The zero-order valence-corrected chi connectivity index (χ0v) is 15.0. The van der Waals surface area contributed by atoms with Crippen LogP contribution in [0.4, 0.5) is 5.69 Å². The molecule has 0 aliphatic carbocycles. The van der Waals surface area contributed by atoms with Crippen molar-refractivity contribution in [3.8, 4) is 5.75 Å². The number of rotatable bonds is 4. The summed E-state index contributed by atoms with van der Waals surface area (Å²) in [4.78, 5) is 4.43. The van der Waals surface area contributed by atoms with Crippen LogP contribution in [0.5, 0.6) is 5.75 Å². The van der Waals surface area contributed by atoms with Crippen molar-refractivity contribution in [2.45, 2.75) is 19.4 Å². The highest BCUT2D eigenvalue weighted by Crippen LogP contribution is 2.36. The van der Waals surface area contributed by atoms with Gasteiger partial charge in [0.25, 0.3) is 0 Å². The molecule has 1 atom stereocenters. The SMILES string of the molecule is COc1ccc(C2CC(c3ccc(C)nc3)=NN2c2ccccc2)cc1. The molecule has 1 aromatic heterocycles. The summed E-state index contributed by atoms with van der Waals surface area (Å²) in [5.74, 6) is 0.863. The number of nitrogens with zero attached hydrogens (tertiary/aromatic N) is 3. The molecular formula is C22H21N3O. The second-order valence-electron chi connectivity index (χ2n) is 6.41. The molecule has 0 amide bonds. The molecule has 0 fully saturated rings. The normalized spacial score (nSPS) is 16.5. The minimum absolute atomic E-state index is 0.152. The van der Waals surface area contributed by atoms with Crippen molar-refractivity contribution < 1.29 is 4.74 Å². The van der Waals surface area contributed by atoms with E-state index >= 15 is 0 Å². The number of aromatic nitrogens is 1. The first-order valence-corrected chi connectivity index (χ1v) is 8.73. The number of pyridine rings is 1. The van der Waals surface area contributed by atoms with Gasteiger partial charge < -0.3 is 4.74 Å². The van der Waals surface area contributed by atoms with Crippen LogP contribution >= 0.6 is 0 Å². The van der Waals surface area contributed by atoms with Gasteiger partial charge in [0.2, 0.25) is 0 Å². The fraction of sp³-hybridized carbons (Fsp3) is 0.182. The Kier molecular flexibility index (Phi) is 4.40. The first-order chi connectivity index (χ1) is 12.7. The maximum Gasteiger partial charge on any atom is 0.118 e. The molecule has 4 rings (SSSR count). The summed E-state index contributed by atoms with van der Waals surface area (Å²) in [7, 11) is 1.69. The largest absolute Gasteiger partial charge is 0.497 e. The number of methoxy groups -OCH3 is 1. The lowest BCUT2D eigenvalue weighted by atomic mass is 9.98. The highest BCUT2D eigenvalue weighted by Gasteiger charge is 2.29. The van der Waals surface area contributed by atoms with Crippen LogP contribution in [0.2, 0.25) is 0 Å². The summed E-state index contributed by atoms with van der Waals surface area (Å²) in [6.45, 7) is 2.00. The quantitative estimate of drug-likeness (QED) is 0.686. The number of anilines is 1. The monoisotopic (exact) mass is 343 g/mol. The second kappa shape index (κ2) is 7.00. The Morgan fingerprint density at radius 3 is 2.38 bits per heavy atom. The topological polar surface area (TPSA) is 37.7 Å². The van der Waals surface area contributed by atoms with Crippen LogP contribution in [0.15, 0.2) is 78.0 Å². The molecule has 2 heterocycles. The number of ether oxygens (including phenoxy) is 1. The zero-order chi connectivity index (χ0) is 17.9. The van der Waals surface area contributed by atoms with E-state index in [0.29, 0.717) is 0 Å².